The van der Waals surface area contributed by atoms with Gasteiger partial charge in [-0.15, -0.1) is 13.2 Å². The molecule has 1 unspecified atom stereocenters. The minimum Gasteiger partial charge on any atom is -0.406 e. The molecule has 0 bridgehead atoms. The second kappa shape index (κ2) is 6.55. The van der Waals surface area contributed by atoms with E-state index in [1.54, 1.807) is 12.1 Å². The lowest BCUT2D eigenvalue weighted by molar-refractivity contribution is -0.274. The number of anilines is 1. The van der Waals surface area contributed by atoms with E-state index < -0.39 is 6.36 Å². The third-order valence-electron chi connectivity index (χ3n) is 2.84. The van der Waals surface area contributed by atoms with Crippen LogP contribution in [0.1, 0.15) is 18.5 Å². The Balaban J connectivity index is 2.02. The summed E-state index contributed by atoms with van der Waals surface area (Å²) >= 11 is 2.22. The molecule has 0 aliphatic carbocycles. The summed E-state index contributed by atoms with van der Waals surface area (Å²) in [7, 11) is 0. The second-order valence-electron chi connectivity index (χ2n) is 4.49. The summed E-state index contributed by atoms with van der Waals surface area (Å²) in [5.74, 6) is -0.215. The SMILES string of the molecule is CC(Nc1ccc(I)cc1)c1ccc(OC(F)(F)F)cc1. The van der Waals surface area contributed by atoms with Gasteiger partial charge < -0.3 is 10.1 Å². The van der Waals surface area contributed by atoms with Gasteiger partial charge in [0.1, 0.15) is 5.75 Å². The van der Waals surface area contributed by atoms with E-state index in [-0.39, 0.29) is 11.8 Å². The predicted octanol–water partition coefficient (Wildman–Crippen LogP) is 5.36. The van der Waals surface area contributed by atoms with Gasteiger partial charge in [0, 0.05) is 15.3 Å². The van der Waals surface area contributed by atoms with Crippen LogP contribution in [0.5, 0.6) is 5.75 Å². The van der Waals surface area contributed by atoms with Gasteiger partial charge in [-0.1, -0.05) is 12.1 Å². The highest BCUT2D eigenvalue weighted by molar-refractivity contribution is 14.1. The van der Waals surface area contributed by atoms with Gasteiger partial charge in [0.25, 0.3) is 0 Å². The average Bonchev–Trinajstić information content (AvgIpc) is 2.40. The molecule has 0 heterocycles. The van der Waals surface area contributed by atoms with Crippen LogP contribution in [0.25, 0.3) is 0 Å². The normalized spacial score (nSPS) is 12.8. The van der Waals surface area contributed by atoms with Crippen molar-refractivity contribution in [1.82, 2.24) is 0 Å². The van der Waals surface area contributed by atoms with E-state index in [1.165, 1.54) is 12.1 Å². The molecular formula is C15H13F3INO. The molecule has 0 spiro atoms. The lowest BCUT2D eigenvalue weighted by Gasteiger charge is -2.16. The Morgan fingerprint density at radius 2 is 1.57 bits per heavy atom. The van der Waals surface area contributed by atoms with Gasteiger partial charge in [-0.25, -0.2) is 0 Å². The lowest BCUT2D eigenvalue weighted by atomic mass is 10.1. The maximum atomic E-state index is 12.1. The monoisotopic (exact) mass is 407 g/mol. The molecule has 112 valence electrons. The summed E-state index contributed by atoms with van der Waals surface area (Å²) in [4.78, 5) is 0. The summed E-state index contributed by atoms with van der Waals surface area (Å²) in [5, 5.41) is 3.29. The topological polar surface area (TPSA) is 21.3 Å². The molecule has 2 aromatic carbocycles. The molecule has 2 rings (SSSR count). The smallest absolute Gasteiger partial charge is 0.406 e. The fourth-order valence-electron chi connectivity index (χ4n) is 1.84. The number of alkyl halides is 3. The Kier molecular flexibility index (Phi) is 4.97. The van der Waals surface area contributed by atoms with E-state index in [2.05, 4.69) is 32.6 Å². The number of hydrogen-bond donors (Lipinski definition) is 1. The highest BCUT2D eigenvalue weighted by atomic mass is 127. The van der Waals surface area contributed by atoms with Gasteiger partial charge in [0.15, 0.2) is 0 Å². The van der Waals surface area contributed by atoms with Gasteiger partial charge in [-0.3, -0.25) is 0 Å². The molecule has 0 amide bonds. The van der Waals surface area contributed by atoms with Crippen LogP contribution in [0.15, 0.2) is 48.5 Å². The summed E-state index contributed by atoms with van der Waals surface area (Å²) < 4.78 is 41.2. The van der Waals surface area contributed by atoms with Gasteiger partial charge in [-0.2, -0.15) is 0 Å². The van der Waals surface area contributed by atoms with E-state index in [0.29, 0.717) is 0 Å². The van der Waals surface area contributed by atoms with Crippen LogP contribution in [0.2, 0.25) is 0 Å². The number of nitrogens with one attached hydrogen (secondary N) is 1. The third kappa shape index (κ3) is 5.11. The molecule has 2 nitrogen and oxygen atoms in total. The molecule has 1 atom stereocenters. The largest absolute Gasteiger partial charge is 0.573 e. The van der Waals surface area contributed by atoms with Gasteiger partial charge >= 0.3 is 6.36 Å². The molecule has 0 aromatic heterocycles. The first-order chi connectivity index (χ1) is 9.83. The molecule has 0 radical (unpaired) electrons. The molecule has 1 N–H and O–H groups in total. The first-order valence-electron chi connectivity index (χ1n) is 6.21. The summed E-state index contributed by atoms with van der Waals surface area (Å²) in [5.41, 5.74) is 1.83. The van der Waals surface area contributed by atoms with Crippen LogP contribution in [0.3, 0.4) is 0 Å². The first kappa shape index (κ1) is 15.9. The van der Waals surface area contributed by atoms with Gasteiger partial charge in [0.05, 0.1) is 0 Å². The summed E-state index contributed by atoms with van der Waals surface area (Å²) in [6, 6.07) is 13.7. The fraction of sp³-hybridized carbons (Fsp3) is 0.200. The minimum absolute atomic E-state index is 0.0232. The first-order valence-corrected chi connectivity index (χ1v) is 7.29. The molecule has 0 aliphatic rings. The van der Waals surface area contributed by atoms with E-state index >= 15 is 0 Å². The van der Waals surface area contributed by atoms with E-state index in [1.807, 2.05) is 31.2 Å². The van der Waals surface area contributed by atoms with Crippen LogP contribution in [0.4, 0.5) is 18.9 Å². The minimum atomic E-state index is -4.66. The lowest BCUT2D eigenvalue weighted by Crippen LogP contribution is -2.17. The highest BCUT2D eigenvalue weighted by Crippen LogP contribution is 2.25. The number of benzene rings is 2. The summed E-state index contributed by atoms with van der Waals surface area (Å²) in [6.07, 6.45) is -4.66. The van der Waals surface area contributed by atoms with Gasteiger partial charge in [-0.05, 0) is 71.5 Å². The zero-order valence-corrected chi connectivity index (χ0v) is 13.3. The van der Waals surface area contributed by atoms with E-state index in [4.69, 9.17) is 0 Å². The Hall–Kier alpha value is -1.44. The number of ether oxygens (including phenoxy) is 1. The molecule has 0 saturated heterocycles. The Morgan fingerprint density at radius 1 is 1.00 bits per heavy atom. The average molecular weight is 407 g/mol. The van der Waals surface area contributed by atoms with Crippen molar-refractivity contribution >= 4 is 28.3 Å². The maximum absolute atomic E-state index is 12.1. The van der Waals surface area contributed by atoms with E-state index in [9.17, 15) is 13.2 Å². The zero-order valence-electron chi connectivity index (χ0n) is 11.1. The Bertz CT molecular complexity index is 581. The Morgan fingerprint density at radius 3 is 2.10 bits per heavy atom. The summed E-state index contributed by atoms with van der Waals surface area (Å²) in [6.45, 7) is 1.94. The zero-order chi connectivity index (χ0) is 15.5. The van der Waals surface area contributed by atoms with Crippen LogP contribution in [0, 0.1) is 3.57 Å². The van der Waals surface area contributed by atoms with Crippen LogP contribution in [-0.2, 0) is 0 Å². The number of halogens is 4. The molecule has 0 fully saturated rings. The van der Waals surface area contributed by atoms with Gasteiger partial charge in [0.2, 0.25) is 0 Å². The molecule has 21 heavy (non-hydrogen) atoms. The molecule has 2 aromatic rings. The van der Waals surface area contributed by atoms with Crippen LogP contribution in [-0.4, -0.2) is 6.36 Å². The quantitative estimate of drug-likeness (QED) is 0.689. The van der Waals surface area contributed by atoms with Crippen LogP contribution >= 0.6 is 22.6 Å². The Labute approximate surface area is 134 Å². The van der Waals surface area contributed by atoms with E-state index in [0.717, 1.165) is 14.8 Å². The molecule has 0 aliphatic heterocycles. The van der Waals surface area contributed by atoms with Crippen molar-refractivity contribution < 1.29 is 17.9 Å². The predicted molar refractivity (Wildman–Crippen MR) is 84.3 cm³/mol. The van der Waals surface area contributed by atoms with Crippen molar-refractivity contribution in [1.29, 1.82) is 0 Å². The third-order valence-corrected chi connectivity index (χ3v) is 3.56. The highest BCUT2D eigenvalue weighted by Gasteiger charge is 2.30. The number of rotatable bonds is 4. The molecular weight excluding hydrogens is 394 g/mol. The fourth-order valence-corrected chi connectivity index (χ4v) is 2.20. The van der Waals surface area contributed by atoms with Crippen molar-refractivity contribution in [3.8, 4) is 5.75 Å². The second-order valence-corrected chi connectivity index (χ2v) is 5.74. The standard InChI is InChI=1S/C15H13F3INO/c1-10(20-13-6-4-12(19)5-7-13)11-2-8-14(9-3-11)21-15(16,17)18/h2-10,20H,1H3. The van der Waals surface area contributed by atoms with Crippen LogP contribution < -0.4 is 10.1 Å². The molecule has 6 heteroatoms. The van der Waals surface area contributed by atoms with Crippen molar-refractivity contribution in [2.45, 2.75) is 19.3 Å². The number of hydrogen-bond acceptors (Lipinski definition) is 2. The van der Waals surface area contributed by atoms with Crippen molar-refractivity contribution in [3.63, 3.8) is 0 Å². The molecule has 0 saturated carbocycles. The van der Waals surface area contributed by atoms with Crippen molar-refractivity contribution in [2.75, 3.05) is 5.32 Å². The maximum Gasteiger partial charge on any atom is 0.573 e. The van der Waals surface area contributed by atoms with Crippen molar-refractivity contribution in [2.24, 2.45) is 0 Å². The van der Waals surface area contributed by atoms with Crippen molar-refractivity contribution in [3.05, 3.63) is 57.7 Å².